The lowest BCUT2D eigenvalue weighted by molar-refractivity contribution is 0.475. The lowest BCUT2D eigenvalue weighted by atomic mass is 10.2. The SMILES string of the molecule is Nc1ccc(-c2cccc(O)c2)o1. The fourth-order valence-corrected chi connectivity index (χ4v) is 1.17. The molecule has 3 nitrogen and oxygen atoms in total. The summed E-state index contributed by atoms with van der Waals surface area (Å²) >= 11 is 0. The predicted octanol–water partition coefficient (Wildman–Crippen LogP) is 2.23. The molecule has 3 N–H and O–H groups in total. The van der Waals surface area contributed by atoms with E-state index in [0.717, 1.165) is 5.56 Å². The number of hydrogen-bond acceptors (Lipinski definition) is 3. The highest BCUT2D eigenvalue weighted by Crippen LogP contribution is 2.25. The van der Waals surface area contributed by atoms with E-state index in [1.165, 1.54) is 0 Å². The van der Waals surface area contributed by atoms with E-state index >= 15 is 0 Å². The highest BCUT2D eigenvalue weighted by Gasteiger charge is 2.02. The molecule has 3 heteroatoms. The molecule has 0 aliphatic carbocycles. The number of phenolic OH excluding ortho intramolecular Hbond substituents is 1. The van der Waals surface area contributed by atoms with Crippen molar-refractivity contribution in [2.75, 3.05) is 5.73 Å². The third kappa shape index (κ3) is 1.49. The molecule has 1 aromatic carbocycles. The van der Waals surface area contributed by atoms with Crippen LogP contribution in [-0.4, -0.2) is 5.11 Å². The Labute approximate surface area is 75.4 Å². The molecule has 2 rings (SSSR count). The van der Waals surface area contributed by atoms with Crippen LogP contribution in [0, 0.1) is 0 Å². The number of furan rings is 1. The van der Waals surface area contributed by atoms with Crippen molar-refractivity contribution in [1.29, 1.82) is 0 Å². The highest BCUT2D eigenvalue weighted by molar-refractivity contribution is 5.60. The van der Waals surface area contributed by atoms with Gasteiger partial charge in [-0.3, -0.25) is 0 Å². The second-order valence-electron chi connectivity index (χ2n) is 2.75. The van der Waals surface area contributed by atoms with Crippen LogP contribution in [0.25, 0.3) is 11.3 Å². The van der Waals surface area contributed by atoms with Crippen LogP contribution in [-0.2, 0) is 0 Å². The normalized spacial score (nSPS) is 10.2. The topological polar surface area (TPSA) is 59.4 Å². The number of nitrogens with two attached hydrogens (primary N) is 1. The van der Waals surface area contributed by atoms with Gasteiger partial charge < -0.3 is 15.3 Å². The van der Waals surface area contributed by atoms with Crippen LogP contribution >= 0.6 is 0 Å². The monoisotopic (exact) mass is 175 g/mol. The van der Waals surface area contributed by atoms with Crippen molar-refractivity contribution in [3.63, 3.8) is 0 Å². The Morgan fingerprint density at radius 2 is 2.00 bits per heavy atom. The van der Waals surface area contributed by atoms with Gasteiger partial charge in [0.05, 0.1) is 0 Å². The van der Waals surface area contributed by atoms with Crippen molar-refractivity contribution < 1.29 is 9.52 Å². The van der Waals surface area contributed by atoms with E-state index in [9.17, 15) is 5.11 Å². The summed E-state index contributed by atoms with van der Waals surface area (Å²) in [6, 6.07) is 10.3. The number of nitrogen functional groups attached to an aromatic ring is 1. The average Bonchev–Trinajstić information content (AvgIpc) is 2.52. The molecule has 0 bridgehead atoms. The van der Waals surface area contributed by atoms with E-state index in [1.807, 2.05) is 6.07 Å². The zero-order valence-corrected chi connectivity index (χ0v) is 6.90. The summed E-state index contributed by atoms with van der Waals surface area (Å²) < 4.78 is 5.19. The lowest BCUT2D eigenvalue weighted by Gasteiger charge is -1.96. The maximum atomic E-state index is 9.21. The zero-order valence-electron chi connectivity index (χ0n) is 6.90. The molecule has 0 spiro atoms. The molecule has 1 heterocycles. The molecule has 0 amide bonds. The van der Waals surface area contributed by atoms with Gasteiger partial charge in [0, 0.05) is 11.6 Å². The van der Waals surface area contributed by atoms with Gasteiger partial charge in [0.25, 0.3) is 0 Å². The first-order chi connectivity index (χ1) is 6.25. The van der Waals surface area contributed by atoms with Gasteiger partial charge in [0.15, 0.2) is 5.88 Å². The highest BCUT2D eigenvalue weighted by atomic mass is 16.3. The second kappa shape index (κ2) is 2.86. The molecule has 0 fully saturated rings. The minimum Gasteiger partial charge on any atom is -0.508 e. The molecule has 0 aliphatic rings. The minimum atomic E-state index is 0.215. The number of anilines is 1. The third-order valence-electron chi connectivity index (χ3n) is 1.76. The fourth-order valence-electron chi connectivity index (χ4n) is 1.17. The first kappa shape index (κ1) is 7.73. The van der Waals surface area contributed by atoms with Gasteiger partial charge in [0.1, 0.15) is 11.5 Å². The van der Waals surface area contributed by atoms with Crippen molar-refractivity contribution in [2.24, 2.45) is 0 Å². The number of rotatable bonds is 1. The summed E-state index contributed by atoms with van der Waals surface area (Å²) in [6.45, 7) is 0. The van der Waals surface area contributed by atoms with Crippen LogP contribution in [0.5, 0.6) is 5.75 Å². The van der Waals surface area contributed by atoms with Gasteiger partial charge >= 0.3 is 0 Å². The van der Waals surface area contributed by atoms with Crippen LogP contribution in [0.1, 0.15) is 0 Å². The summed E-state index contributed by atoms with van der Waals surface area (Å²) in [5.41, 5.74) is 6.24. The molecule has 13 heavy (non-hydrogen) atoms. The molecule has 2 aromatic rings. The van der Waals surface area contributed by atoms with Crippen molar-refractivity contribution in [2.45, 2.75) is 0 Å². The molecule has 0 aliphatic heterocycles. The predicted molar refractivity (Wildman–Crippen MR) is 50.2 cm³/mol. The number of hydrogen-bond donors (Lipinski definition) is 2. The van der Waals surface area contributed by atoms with Crippen LogP contribution in [0.4, 0.5) is 5.88 Å². The Balaban J connectivity index is 2.46. The maximum absolute atomic E-state index is 9.21. The van der Waals surface area contributed by atoms with E-state index in [4.69, 9.17) is 10.2 Å². The lowest BCUT2D eigenvalue weighted by Crippen LogP contribution is -1.76. The minimum absolute atomic E-state index is 0.215. The molecular weight excluding hydrogens is 166 g/mol. The molecule has 0 radical (unpaired) electrons. The number of benzene rings is 1. The fraction of sp³-hybridized carbons (Fsp3) is 0. The van der Waals surface area contributed by atoms with Crippen molar-refractivity contribution in [1.82, 2.24) is 0 Å². The smallest absolute Gasteiger partial charge is 0.190 e. The molecule has 66 valence electrons. The van der Waals surface area contributed by atoms with Crippen LogP contribution in [0.2, 0.25) is 0 Å². The van der Waals surface area contributed by atoms with Crippen molar-refractivity contribution in [3.05, 3.63) is 36.4 Å². The standard InChI is InChI=1S/C10H9NO2/c11-10-5-4-9(13-10)7-2-1-3-8(12)6-7/h1-6,12H,11H2. The van der Waals surface area contributed by atoms with Gasteiger partial charge in [-0.05, 0) is 18.2 Å². The Morgan fingerprint density at radius 3 is 2.62 bits per heavy atom. The first-order valence-corrected chi connectivity index (χ1v) is 3.90. The Morgan fingerprint density at radius 1 is 1.15 bits per heavy atom. The third-order valence-corrected chi connectivity index (χ3v) is 1.76. The second-order valence-corrected chi connectivity index (χ2v) is 2.75. The van der Waals surface area contributed by atoms with Crippen LogP contribution in [0.3, 0.4) is 0 Å². The van der Waals surface area contributed by atoms with Gasteiger partial charge in [-0.2, -0.15) is 0 Å². The van der Waals surface area contributed by atoms with E-state index in [-0.39, 0.29) is 5.75 Å². The van der Waals surface area contributed by atoms with Crippen molar-refractivity contribution in [3.8, 4) is 17.1 Å². The summed E-state index contributed by atoms with van der Waals surface area (Å²) in [5, 5.41) is 9.21. The van der Waals surface area contributed by atoms with E-state index in [1.54, 1.807) is 30.3 Å². The number of phenols is 1. The van der Waals surface area contributed by atoms with Crippen molar-refractivity contribution >= 4 is 5.88 Å². The zero-order chi connectivity index (χ0) is 9.26. The Hall–Kier alpha value is -1.90. The van der Waals surface area contributed by atoms with Gasteiger partial charge in [0.2, 0.25) is 0 Å². The Bertz CT molecular complexity index is 420. The first-order valence-electron chi connectivity index (χ1n) is 3.90. The molecule has 0 saturated carbocycles. The summed E-state index contributed by atoms with van der Waals surface area (Å²) in [6.07, 6.45) is 0. The molecule has 0 unspecified atom stereocenters. The summed E-state index contributed by atoms with van der Waals surface area (Å²) in [5.74, 6) is 1.25. The van der Waals surface area contributed by atoms with Gasteiger partial charge in [-0.1, -0.05) is 12.1 Å². The maximum Gasteiger partial charge on any atom is 0.190 e. The van der Waals surface area contributed by atoms with Gasteiger partial charge in [-0.25, -0.2) is 0 Å². The quantitative estimate of drug-likeness (QED) is 0.698. The average molecular weight is 175 g/mol. The number of aromatic hydroxyl groups is 1. The van der Waals surface area contributed by atoms with Crippen LogP contribution < -0.4 is 5.73 Å². The van der Waals surface area contributed by atoms with E-state index < -0.39 is 0 Å². The molecule has 0 atom stereocenters. The largest absolute Gasteiger partial charge is 0.508 e. The molecule has 0 saturated heterocycles. The summed E-state index contributed by atoms with van der Waals surface area (Å²) in [4.78, 5) is 0. The van der Waals surface area contributed by atoms with E-state index in [0.29, 0.717) is 11.6 Å². The molecular formula is C10H9NO2. The summed E-state index contributed by atoms with van der Waals surface area (Å²) in [7, 11) is 0. The van der Waals surface area contributed by atoms with Crippen LogP contribution in [0.15, 0.2) is 40.8 Å². The van der Waals surface area contributed by atoms with E-state index in [2.05, 4.69) is 0 Å². The van der Waals surface area contributed by atoms with Gasteiger partial charge in [-0.15, -0.1) is 0 Å². The Kier molecular flexibility index (Phi) is 1.70. The molecule has 1 aromatic heterocycles.